The van der Waals surface area contributed by atoms with Crippen LogP contribution in [0.3, 0.4) is 0 Å². The fourth-order valence-corrected chi connectivity index (χ4v) is 2.23. The van der Waals surface area contributed by atoms with Crippen molar-refractivity contribution in [2.24, 2.45) is 20.0 Å². The van der Waals surface area contributed by atoms with E-state index >= 15 is 0 Å². The van der Waals surface area contributed by atoms with Gasteiger partial charge in [-0.2, -0.15) is 5.11 Å². The Kier molecular flexibility index (Phi) is 4.91. The topological polar surface area (TPSA) is 109 Å². The van der Waals surface area contributed by atoms with Crippen LogP contribution >= 0.6 is 11.8 Å². The molecule has 0 atom stereocenters. The van der Waals surface area contributed by atoms with Crippen LogP contribution in [0.4, 0.5) is 21.9 Å². The molecule has 9 heteroatoms. The molecule has 1 aromatic heterocycles. The van der Waals surface area contributed by atoms with Crippen molar-refractivity contribution in [1.29, 1.82) is 0 Å². The van der Waals surface area contributed by atoms with E-state index in [0.29, 0.717) is 22.6 Å². The van der Waals surface area contributed by atoms with Gasteiger partial charge in [0, 0.05) is 11.6 Å². The molecule has 8 nitrogen and oxygen atoms in total. The Morgan fingerprint density at radius 3 is 2.48 bits per heavy atom. The molecule has 25 heavy (non-hydrogen) atoms. The molecule has 1 heterocycles. The molecule has 3 aromatic rings. The first-order chi connectivity index (χ1) is 12.2. The standard InChI is InChI=1S/C16H10ClN5O3/c17-22-21-14-8-7-13(12-2-1-9-18-15(12)14)20-19-10-3-5-11(6-4-10)25-16(23)24/h1-9H,(H,23,24). The minimum Gasteiger partial charge on any atom is -0.449 e. The number of hydrogen-bond donors (Lipinski definition) is 1. The van der Waals surface area contributed by atoms with E-state index in [1.165, 1.54) is 12.1 Å². The highest BCUT2D eigenvalue weighted by atomic mass is 35.5. The maximum atomic E-state index is 10.5. The number of azo groups is 1. The van der Waals surface area contributed by atoms with Crippen LogP contribution in [0.1, 0.15) is 0 Å². The fraction of sp³-hybridized carbons (Fsp3) is 0. The van der Waals surface area contributed by atoms with E-state index in [9.17, 15) is 4.79 Å². The van der Waals surface area contributed by atoms with Crippen molar-refractivity contribution in [2.45, 2.75) is 0 Å². The second kappa shape index (κ2) is 7.45. The average Bonchev–Trinajstić information content (AvgIpc) is 2.62. The van der Waals surface area contributed by atoms with Gasteiger partial charge >= 0.3 is 6.16 Å². The molecule has 0 saturated heterocycles. The fourth-order valence-electron chi connectivity index (χ4n) is 2.14. The summed E-state index contributed by atoms with van der Waals surface area (Å²) < 4.78 is 7.79. The summed E-state index contributed by atoms with van der Waals surface area (Å²) in [4.78, 5) is 14.7. The molecule has 124 valence electrons. The Labute approximate surface area is 146 Å². The van der Waals surface area contributed by atoms with Crippen LogP contribution in [-0.2, 0) is 0 Å². The number of hydrogen-bond acceptors (Lipinski definition) is 7. The first-order valence-corrected chi connectivity index (χ1v) is 7.33. The normalized spacial score (nSPS) is 11.4. The SMILES string of the molecule is O=C(O)Oc1ccc(N=Nc2ccc(N=NCl)c3ncccc23)cc1. The molecule has 0 saturated carbocycles. The van der Waals surface area contributed by atoms with E-state index in [-0.39, 0.29) is 5.75 Å². The Morgan fingerprint density at radius 2 is 1.76 bits per heavy atom. The second-order valence-electron chi connectivity index (χ2n) is 4.74. The number of rotatable bonds is 4. The first kappa shape index (κ1) is 16.5. The molecule has 0 aliphatic carbocycles. The summed E-state index contributed by atoms with van der Waals surface area (Å²) in [6.45, 7) is 0. The number of fused-ring (bicyclic) bond motifs is 1. The molecule has 1 N–H and O–H groups in total. The predicted octanol–water partition coefficient (Wildman–Crippen LogP) is 5.94. The number of aromatic nitrogens is 1. The van der Waals surface area contributed by atoms with E-state index in [1.54, 1.807) is 36.5 Å². The van der Waals surface area contributed by atoms with E-state index in [1.807, 2.05) is 6.07 Å². The van der Waals surface area contributed by atoms with Crippen LogP contribution < -0.4 is 4.74 Å². The Bertz CT molecular complexity index is 973. The van der Waals surface area contributed by atoms with Crippen LogP contribution in [0.15, 0.2) is 74.7 Å². The summed E-state index contributed by atoms with van der Waals surface area (Å²) in [6.07, 6.45) is 0.264. The molecule has 0 radical (unpaired) electrons. The van der Waals surface area contributed by atoms with Gasteiger partial charge in [0.05, 0.1) is 28.7 Å². The van der Waals surface area contributed by atoms with Crippen molar-refractivity contribution in [2.75, 3.05) is 0 Å². The van der Waals surface area contributed by atoms with Crippen LogP contribution in [0.5, 0.6) is 5.75 Å². The summed E-state index contributed by atoms with van der Waals surface area (Å²) in [6, 6.07) is 13.2. The molecular weight excluding hydrogens is 346 g/mol. The lowest BCUT2D eigenvalue weighted by Crippen LogP contribution is -2.02. The largest absolute Gasteiger partial charge is 0.511 e. The maximum Gasteiger partial charge on any atom is 0.511 e. The zero-order chi connectivity index (χ0) is 17.6. The first-order valence-electron chi connectivity index (χ1n) is 7.00. The molecule has 0 spiro atoms. The lowest BCUT2D eigenvalue weighted by atomic mass is 10.1. The molecular formula is C16H10ClN5O3. The van der Waals surface area contributed by atoms with Gasteiger partial charge in [-0.1, -0.05) is 4.63 Å². The zero-order valence-corrected chi connectivity index (χ0v) is 13.3. The van der Waals surface area contributed by atoms with Gasteiger partial charge in [-0.15, -0.1) is 10.2 Å². The monoisotopic (exact) mass is 355 g/mol. The Morgan fingerprint density at radius 1 is 1.00 bits per heavy atom. The third-order valence-electron chi connectivity index (χ3n) is 3.19. The smallest absolute Gasteiger partial charge is 0.449 e. The summed E-state index contributed by atoms with van der Waals surface area (Å²) in [7, 11) is 0. The minimum absolute atomic E-state index is 0.205. The third kappa shape index (κ3) is 3.93. The zero-order valence-electron chi connectivity index (χ0n) is 12.6. The predicted molar refractivity (Wildman–Crippen MR) is 91.4 cm³/mol. The van der Waals surface area contributed by atoms with Gasteiger partial charge in [0.25, 0.3) is 0 Å². The van der Waals surface area contributed by atoms with Gasteiger partial charge < -0.3 is 9.84 Å². The molecule has 0 aliphatic rings. The average molecular weight is 356 g/mol. The number of benzene rings is 2. The maximum absolute atomic E-state index is 10.5. The van der Waals surface area contributed by atoms with Crippen LogP contribution in [0, 0.1) is 0 Å². The van der Waals surface area contributed by atoms with Gasteiger partial charge in [0.15, 0.2) is 0 Å². The van der Waals surface area contributed by atoms with Crippen molar-refractivity contribution in [3.05, 3.63) is 54.7 Å². The summed E-state index contributed by atoms with van der Waals surface area (Å²) >= 11 is 5.30. The van der Waals surface area contributed by atoms with Gasteiger partial charge in [-0.3, -0.25) is 4.98 Å². The summed E-state index contributed by atoms with van der Waals surface area (Å²) in [5.74, 6) is 0.205. The third-order valence-corrected chi connectivity index (χ3v) is 3.26. The van der Waals surface area contributed by atoms with Gasteiger partial charge in [-0.25, -0.2) is 4.79 Å². The molecule has 2 aromatic carbocycles. The van der Waals surface area contributed by atoms with Gasteiger partial charge in [0.2, 0.25) is 0 Å². The van der Waals surface area contributed by atoms with E-state index in [4.69, 9.17) is 16.9 Å². The molecule has 0 amide bonds. The van der Waals surface area contributed by atoms with Crippen molar-refractivity contribution in [1.82, 2.24) is 4.98 Å². The summed E-state index contributed by atoms with van der Waals surface area (Å²) in [5, 5.41) is 21.5. The van der Waals surface area contributed by atoms with Crippen LogP contribution in [0.25, 0.3) is 10.9 Å². The Balaban J connectivity index is 1.91. The molecule has 3 rings (SSSR count). The van der Waals surface area contributed by atoms with E-state index in [0.717, 1.165) is 5.39 Å². The highest BCUT2D eigenvalue weighted by Crippen LogP contribution is 2.33. The van der Waals surface area contributed by atoms with E-state index < -0.39 is 6.16 Å². The number of pyridine rings is 1. The number of halogens is 1. The van der Waals surface area contributed by atoms with Crippen LogP contribution in [-0.4, -0.2) is 16.2 Å². The van der Waals surface area contributed by atoms with Gasteiger partial charge in [0.1, 0.15) is 11.4 Å². The number of carbonyl (C=O) groups is 1. The molecule has 0 fully saturated rings. The highest BCUT2D eigenvalue weighted by Gasteiger charge is 2.06. The number of ether oxygens (including phenoxy) is 1. The van der Waals surface area contributed by atoms with E-state index in [2.05, 4.69) is 29.7 Å². The lowest BCUT2D eigenvalue weighted by molar-refractivity contribution is 0.144. The highest BCUT2D eigenvalue weighted by molar-refractivity contribution is 6.14. The van der Waals surface area contributed by atoms with Crippen molar-refractivity contribution >= 4 is 45.9 Å². The summed E-state index contributed by atoms with van der Waals surface area (Å²) in [5.41, 5.74) is 2.27. The van der Waals surface area contributed by atoms with Crippen LogP contribution in [0.2, 0.25) is 0 Å². The number of carboxylic acid groups (broad SMARTS) is 1. The minimum atomic E-state index is -1.37. The van der Waals surface area contributed by atoms with Crippen molar-refractivity contribution in [3.8, 4) is 5.75 Å². The number of nitrogens with zero attached hydrogens (tertiary/aromatic N) is 5. The Hall–Kier alpha value is -3.39. The quantitative estimate of drug-likeness (QED) is 0.354. The molecule has 0 bridgehead atoms. The molecule has 0 aliphatic heterocycles. The lowest BCUT2D eigenvalue weighted by Gasteiger charge is -2.03. The van der Waals surface area contributed by atoms with Gasteiger partial charge in [-0.05, 0) is 48.5 Å². The van der Waals surface area contributed by atoms with Crippen molar-refractivity contribution < 1.29 is 14.6 Å². The van der Waals surface area contributed by atoms with Crippen molar-refractivity contribution in [3.63, 3.8) is 0 Å². The molecule has 0 unspecified atom stereocenters. The second-order valence-corrected chi connectivity index (χ2v) is 4.89.